The van der Waals surface area contributed by atoms with Crippen LogP contribution >= 0.6 is 15.9 Å². The van der Waals surface area contributed by atoms with Gasteiger partial charge in [0.2, 0.25) is 0 Å². The summed E-state index contributed by atoms with van der Waals surface area (Å²) in [4.78, 5) is 25.2. The number of carbonyl (C=O) groups excluding carboxylic acids is 2. The predicted octanol–water partition coefficient (Wildman–Crippen LogP) is 3.27. The number of methoxy groups -OCH3 is 2. The van der Waals surface area contributed by atoms with E-state index in [-0.39, 0.29) is 0 Å². The van der Waals surface area contributed by atoms with Crippen LogP contribution < -0.4 is 14.8 Å². The highest BCUT2D eigenvalue weighted by atomic mass is 79.9. The van der Waals surface area contributed by atoms with Crippen molar-refractivity contribution in [1.29, 1.82) is 0 Å². The minimum absolute atomic E-state index is 0.470. The Morgan fingerprint density at radius 3 is 2.44 bits per heavy atom. The number of hydrogen-bond donors (Lipinski definition) is 1. The molecule has 1 heterocycles. The van der Waals surface area contributed by atoms with Crippen LogP contribution in [0.4, 0.5) is 4.79 Å². The molecule has 0 aromatic heterocycles. The van der Waals surface area contributed by atoms with E-state index in [0.29, 0.717) is 22.6 Å². The molecule has 2 aromatic rings. The zero-order chi connectivity index (χ0) is 19.6. The Balaban J connectivity index is 1.89. The number of urea groups is 1. The molecule has 1 N–H and O–H groups in total. The minimum atomic E-state index is -1.21. The van der Waals surface area contributed by atoms with Crippen molar-refractivity contribution >= 4 is 34.1 Å². The van der Waals surface area contributed by atoms with Crippen LogP contribution in [0.3, 0.4) is 0 Å². The van der Waals surface area contributed by atoms with E-state index in [0.717, 1.165) is 9.48 Å². The molecule has 1 fully saturated rings. The Hall–Kier alpha value is -2.87. The highest BCUT2D eigenvalue weighted by Gasteiger charge is 2.49. The van der Waals surface area contributed by atoms with Gasteiger partial charge in [0.15, 0.2) is 0 Å². The molecule has 140 valence electrons. The highest BCUT2D eigenvalue weighted by Crippen LogP contribution is 2.30. The van der Waals surface area contributed by atoms with Gasteiger partial charge in [-0.25, -0.2) is 4.79 Å². The molecule has 2 aromatic carbocycles. The number of halogens is 1. The Bertz CT molecular complexity index is 914. The van der Waals surface area contributed by atoms with Crippen LogP contribution in [0.5, 0.6) is 11.5 Å². The highest BCUT2D eigenvalue weighted by molar-refractivity contribution is 9.10. The fourth-order valence-electron chi connectivity index (χ4n) is 2.78. The third kappa shape index (κ3) is 3.52. The van der Waals surface area contributed by atoms with Crippen LogP contribution in [0.1, 0.15) is 18.1 Å². The number of ether oxygens (including phenoxy) is 2. The molecule has 0 spiro atoms. The van der Waals surface area contributed by atoms with Crippen molar-refractivity contribution in [2.24, 2.45) is 5.10 Å². The summed E-state index contributed by atoms with van der Waals surface area (Å²) < 4.78 is 11.2. The second kappa shape index (κ2) is 7.40. The summed E-state index contributed by atoms with van der Waals surface area (Å²) >= 11 is 3.38. The molecule has 0 aliphatic carbocycles. The molecule has 0 bridgehead atoms. The summed E-state index contributed by atoms with van der Waals surface area (Å²) in [5, 5.41) is 7.61. The van der Waals surface area contributed by atoms with Crippen LogP contribution in [0.25, 0.3) is 0 Å². The number of rotatable bonds is 5. The zero-order valence-corrected chi connectivity index (χ0v) is 16.6. The average Bonchev–Trinajstić information content (AvgIpc) is 2.89. The first kappa shape index (κ1) is 18.9. The van der Waals surface area contributed by atoms with E-state index in [4.69, 9.17) is 9.47 Å². The van der Waals surface area contributed by atoms with Gasteiger partial charge in [0, 0.05) is 10.0 Å². The molecule has 1 atom stereocenters. The largest absolute Gasteiger partial charge is 0.497 e. The molecule has 3 rings (SSSR count). The third-order valence-corrected chi connectivity index (χ3v) is 4.83. The maximum atomic E-state index is 12.9. The molecule has 1 aliphatic heterocycles. The number of amides is 3. The van der Waals surface area contributed by atoms with Gasteiger partial charge in [-0.3, -0.25) is 4.79 Å². The van der Waals surface area contributed by atoms with Gasteiger partial charge in [-0.05, 0) is 42.8 Å². The lowest BCUT2D eigenvalue weighted by Crippen LogP contribution is -2.40. The maximum absolute atomic E-state index is 12.9. The molecule has 0 saturated carbocycles. The fraction of sp³-hybridized carbons (Fsp3) is 0.211. The topological polar surface area (TPSA) is 80.2 Å². The first-order valence-electron chi connectivity index (χ1n) is 8.08. The minimum Gasteiger partial charge on any atom is -0.497 e. The molecular formula is C19H18BrN3O4. The van der Waals surface area contributed by atoms with Crippen LogP contribution in [0.2, 0.25) is 0 Å². The van der Waals surface area contributed by atoms with Gasteiger partial charge in [-0.2, -0.15) is 5.10 Å². The summed E-state index contributed by atoms with van der Waals surface area (Å²) in [5.41, 5.74) is 0.0621. The number of imide groups is 1. The van der Waals surface area contributed by atoms with E-state index >= 15 is 0 Å². The van der Waals surface area contributed by atoms with Crippen LogP contribution in [-0.4, -0.2) is 37.4 Å². The lowest BCUT2D eigenvalue weighted by Gasteiger charge is -2.21. The zero-order valence-electron chi connectivity index (χ0n) is 15.0. The SMILES string of the molecule is COc1ccc([C@]2(C)NC(=O)N(/N=C\c3cc(Br)ccc3OC)C2=O)cc1. The summed E-state index contributed by atoms with van der Waals surface area (Å²) in [5.74, 6) is 0.769. The monoisotopic (exact) mass is 431 g/mol. The number of nitrogens with one attached hydrogen (secondary N) is 1. The Kier molecular flexibility index (Phi) is 5.18. The van der Waals surface area contributed by atoms with Gasteiger partial charge in [-0.15, -0.1) is 5.01 Å². The van der Waals surface area contributed by atoms with E-state index in [1.54, 1.807) is 50.4 Å². The van der Waals surface area contributed by atoms with Gasteiger partial charge in [0.25, 0.3) is 5.91 Å². The molecule has 27 heavy (non-hydrogen) atoms. The van der Waals surface area contributed by atoms with Crippen molar-refractivity contribution in [1.82, 2.24) is 10.3 Å². The molecule has 1 aliphatic rings. The summed E-state index contributed by atoms with van der Waals surface area (Å²) in [6.45, 7) is 1.64. The van der Waals surface area contributed by atoms with Crippen LogP contribution in [0, 0.1) is 0 Å². The van der Waals surface area contributed by atoms with Crippen molar-refractivity contribution in [3.8, 4) is 11.5 Å². The molecule has 3 amide bonds. The fourth-order valence-corrected chi connectivity index (χ4v) is 3.15. The van der Waals surface area contributed by atoms with Crippen molar-refractivity contribution in [2.45, 2.75) is 12.5 Å². The van der Waals surface area contributed by atoms with E-state index in [1.807, 2.05) is 6.07 Å². The molecule has 0 radical (unpaired) electrons. The maximum Gasteiger partial charge on any atom is 0.346 e. The van der Waals surface area contributed by atoms with Gasteiger partial charge >= 0.3 is 6.03 Å². The Labute approximate surface area is 165 Å². The number of hydrazone groups is 1. The van der Waals surface area contributed by atoms with Crippen molar-refractivity contribution in [3.05, 3.63) is 58.1 Å². The number of carbonyl (C=O) groups is 2. The Morgan fingerprint density at radius 2 is 1.81 bits per heavy atom. The summed E-state index contributed by atoms with van der Waals surface area (Å²) in [6, 6.07) is 11.7. The van der Waals surface area contributed by atoms with E-state index < -0.39 is 17.5 Å². The molecule has 7 nitrogen and oxygen atoms in total. The average molecular weight is 432 g/mol. The normalized spacial score (nSPS) is 19.5. The van der Waals surface area contributed by atoms with E-state index in [1.165, 1.54) is 13.3 Å². The van der Waals surface area contributed by atoms with E-state index in [2.05, 4.69) is 26.3 Å². The van der Waals surface area contributed by atoms with Crippen molar-refractivity contribution in [2.75, 3.05) is 14.2 Å². The molecule has 1 saturated heterocycles. The first-order chi connectivity index (χ1) is 12.9. The van der Waals surface area contributed by atoms with Gasteiger partial charge in [0.05, 0.1) is 20.4 Å². The summed E-state index contributed by atoms with van der Waals surface area (Å²) in [7, 11) is 3.10. The number of hydrogen-bond acceptors (Lipinski definition) is 5. The summed E-state index contributed by atoms with van der Waals surface area (Å²) in [6.07, 6.45) is 1.42. The van der Waals surface area contributed by atoms with Gasteiger partial charge in [-0.1, -0.05) is 28.1 Å². The molecular weight excluding hydrogens is 414 g/mol. The third-order valence-electron chi connectivity index (χ3n) is 4.34. The molecule has 0 unspecified atom stereocenters. The second-order valence-corrected chi connectivity index (χ2v) is 6.95. The second-order valence-electron chi connectivity index (χ2n) is 6.03. The van der Waals surface area contributed by atoms with Crippen molar-refractivity contribution < 1.29 is 19.1 Å². The first-order valence-corrected chi connectivity index (χ1v) is 8.87. The van der Waals surface area contributed by atoms with Crippen LogP contribution in [-0.2, 0) is 10.3 Å². The number of nitrogens with zero attached hydrogens (tertiary/aromatic N) is 2. The van der Waals surface area contributed by atoms with Crippen molar-refractivity contribution in [3.63, 3.8) is 0 Å². The number of benzene rings is 2. The molecule has 8 heteroatoms. The van der Waals surface area contributed by atoms with Gasteiger partial charge in [0.1, 0.15) is 17.0 Å². The van der Waals surface area contributed by atoms with E-state index in [9.17, 15) is 9.59 Å². The smallest absolute Gasteiger partial charge is 0.346 e. The van der Waals surface area contributed by atoms with Gasteiger partial charge < -0.3 is 14.8 Å². The quantitative estimate of drug-likeness (QED) is 0.581. The predicted molar refractivity (Wildman–Crippen MR) is 104 cm³/mol. The Morgan fingerprint density at radius 1 is 1.11 bits per heavy atom. The lowest BCUT2D eigenvalue weighted by molar-refractivity contribution is -0.131. The standard InChI is InChI=1S/C19H18BrN3O4/c1-19(13-4-7-15(26-2)8-5-13)17(24)23(18(25)22-19)21-11-12-10-14(20)6-9-16(12)27-3/h4-11H,1-3H3,(H,22,25)/b21-11-/t19-/m0/s1. The van der Waals surface area contributed by atoms with Crippen LogP contribution in [0.15, 0.2) is 52.0 Å². The lowest BCUT2D eigenvalue weighted by atomic mass is 9.92.